The van der Waals surface area contributed by atoms with Crippen LogP contribution < -0.4 is 5.32 Å². The normalized spacial score (nSPS) is 32.0. The summed E-state index contributed by atoms with van der Waals surface area (Å²) in [6.45, 7) is 8.25. The Hall–Kier alpha value is -0.130. The van der Waals surface area contributed by atoms with Gasteiger partial charge in [-0.1, -0.05) is 12.1 Å². The molecule has 1 aliphatic carbocycles. The molecule has 1 N–H and O–H groups in total. The topological polar surface area (TPSA) is 15.3 Å². The van der Waals surface area contributed by atoms with Crippen molar-refractivity contribution in [2.24, 2.45) is 5.92 Å². The molecule has 20 heavy (non-hydrogen) atoms. The summed E-state index contributed by atoms with van der Waals surface area (Å²) in [5, 5.41) is 3.83. The van der Waals surface area contributed by atoms with E-state index in [0.717, 1.165) is 19.0 Å². The Bertz CT molecular complexity index is 455. The molecule has 0 radical (unpaired) electrons. The second-order valence-electron chi connectivity index (χ2n) is 6.79. The molecule has 1 heterocycles. The van der Waals surface area contributed by atoms with Gasteiger partial charge in [-0.15, -0.1) is 0 Å². The predicted molar refractivity (Wildman–Crippen MR) is 92.8 cm³/mol. The molecular weight excluding hydrogens is 359 g/mol. The molecule has 3 rings (SSSR count). The lowest BCUT2D eigenvalue weighted by atomic mass is 9.95. The van der Waals surface area contributed by atoms with Gasteiger partial charge in [0.2, 0.25) is 0 Å². The number of benzene rings is 1. The number of halogens is 1. The number of nitrogens with zero attached hydrogens (tertiary/aromatic N) is 1. The first-order chi connectivity index (χ1) is 9.57. The van der Waals surface area contributed by atoms with Crippen LogP contribution in [0.3, 0.4) is 0 Å². The Morgan fingerprint density at radius 1 is 1.25 bits per heavy atom. The molecule has 110 valence electrons. The lowest BCUT2D eigenvalue weighted by Gasteiger charge is -2.36. The number of hydrogen-bond donors (Lipinski definition) is 1. The summed E-state index contributed by atoms with van der Waals surface area (Å²) >= 11 is 2.38. The van der Waals surface area contributed by atoms with E-state index in [1.54, 1.807) is 0 Å². The fourth-order valence-corrected chi connectivity index (χ4v) is 3.77. The van der Waals surface area contributed by atoms with Crippen LogP contribution in [0.2, 0.25) is 0 Å². The molecule has 2 fully saturated rings. The first-order valence-electron chi connectivity index (χ1n) is 7.80. The van der Waals surface area contributed by atoms with E-state index in [-0.39, 0.29) is 0 Å². The maximum Gasteiger partial charge on any atom is 0.0308 e. The van der Waals surface area contributed by atoms with Crippen LogP contribution in [-0.4, -0.2) is 29.6 Å². The summed E-state index contributed by atoms with van der Waals surface area (Å²) in [4.78, 5) is 2.68. The van der Waals surface area contributed by atoms with Gasteiger partial charge in [0.25, 0.3) is 0 Å². The molecule has 2 atom stereocenters. The van der Waals surface area contributed by atoms with Gasteiger partial charge in [-0.2, -0.15) is 0 Å². The highest BCUT2D eigenvalue weighted by molar-refractivity contribution is 14.1. The zero-order valence-electron chi connectivity index (χ0n) is 12.5. The summed E-state index contributed by atoms with van der Waals surface area (Å²) in [6, 6.07) is 9.66. The highest BCUT2D eigenvalue weighted by Crippen LogP contribution is 2.41. The van der Waals surface area contributed by atoms with Crippen molar-refractivity contribution in [1.29, 1.82) is 0 Å². The van der Waals surface area contributed by atoms with Crippen LogP contribution in [0.4, 0.5) is 0 Å². The molecule has 0 amide bonds. The lowest BCUT2D eigenvalue weighted by molar-refractivity contribution is 0.155. The van der Waals surface area contributed by atoms with Gasteiger partial charge in [0, 0.05) is 28.2 Å². The first-order valence-corrected chi connectivity index (χ1v) is 8.88. The molecule has 0 bridgehead atoms. The molecular formula is C17H25IN2. The summed E-state index contributed by atoms with van der Waals surface area (Å²) in [7, 11) is 0. The smallest absolute Gasteiger partial charge is 0.0308 e. The van der Waals surface area contributed by atoms with Crippen molar-refractivity contribution in [2.45, 2.75) is 51.2 Å². The third-order valence-corrected chi connectivity index (χ3v) is 5.74. The van der Waals surface area contributed by atoms with Crippen molar-refractivity contribution in [3.05, 3.63) is 33.4 Å². The average Bonchev–Trinajstić information content (AvgIpc) is 3.24. The van der Waals surface area contributed by atoms with Gasteiger partial charge in [0.15, 0.2) is 0 Å². The maximum atomic E-state index is 3.83. The molecule has 2 nitrogen and oxygen atoms in total. The second-order valence-corrected chi connectivity index (χ2v) is 8.03. The molecule has 2 aliphatic rings. The van der Waals surface area contributed by atoms with Crippen molar-refractivity contribution < 1.29 is 0 Å². The van der Waals surface area contributed by atoms with Crippen molar-refractivity contribution in [1.82, 2.24) is 10.2 Å². The van der Waals surface area contributed by atoms with E-state index in [4.69, 9.17) is 0 Å². The van der Waals surface area contributed by atoms with E-state index in [1.165, 1.54) is 34.9 Å². The fourth-order valence-electron chi connectivity index (χ4n) is 3.41. The van der Waals surface area contributed by atoms with Crippen LogP contribution in [0.5, 0.6) is 0 Å². The van der Waals surface area contributed by atoms with Crippen LogP contribution in [0, 0.1) is 9.49 Å². The van der Waals surface area contributed by atoms with Crippen LogP contribution in [0.15, 0.2) is 24.3 Å². The summed E-state index contributed by atoms with van der Waals surface area (Å²) in [5.74, 6) is 0.895. The van der Waals surface area contributed by atoms with Gasteiger partial charge < -0.3 is 5.32 Å². The molecule has 1 saturated heterocycles. The predicted octanol–water partition coefficient (Wildman–Crippen LogP) is 3.64. The van der Waals surface area contributed by atoms with Crippen LogP contribution in [-0.2, 0) is 6.54 Å². The fraction of sp³-hybridized carbons (Fsp3) is 0.647. The average molecular weight is 384 g/mol. The third-order valence-electron chi connectivity index (χ3n) is 5.02. The van der Waals surface area contributed by atoms with E-state index < -0.39 is 0 Å². The van der Waals surface area contributed by atoms with E-state index in [1.807, 2.05) is 0 Å². The Labute approximate surface area is 136 Å². The monoisotopic (exact) mass is 384 g/mol. The van der Waals surface area contributed by atoms with Crippen molar-refractivity contribution in [3.63, 3.8) is 0 Å². The molecule has 0 aromatic heterocycles. The molecule has 0 spiro atoms. The van der Waals surface area contributed by atoms with Crippen LogP contribution >= 0.6 is 22.6 Å². The van der Waals surface area contributed by atoms with Gasteiger partial charge in [-0.05, 0) is 85.9 Å². The van der Waals surface area contributed by atoms with E-state index >= 15 is 0 Å². The Balaban J connectivity index is 1.73. The summed E-state index contributed by atoms with van der Waals surface area (Å²) in [5.41, 5.74) is 1.77. The molecule has 1 aromatic carbocycles. The van der Waals surface area contributed by atoms with E-state index in [9.17, 15) is 0 Å². The summed E-state index contributed by atoms with van der Waals surface area (Å²) < 4.78 is 1.32. The molecule has 1 aliphatic heterocycles. The van der Waals surface area contributed by atoms with Gasteiger partial charge in [-0.25, -0.2) is 0 Å². The first kappa shape index (κ1) is 14.8. The van der Waals surface area contributed by atoms with Crippen LogP contribution in [0.1, 0.15) is 38.7 Å². The lowest BCUT2D eigenvalue weighted by Crippen LogP contribution is -2.51. The minimum absolute atomic E-state index is 0.327. The Morgan fingerprint density at radius 3 is 2.60 bits per heavy atom. The van der Waals surface area contributed by atoms with Gasteiger partial charge in [-0.3, -0.25) is 4.90 Å². The van der Waals surface area contributed by atoms with E-state index in [0.29, 0.717) is 11.6 Å². The number of hydrogen-bond acceptors (Lipinski definition) is 2. The highest BCUT2D eigenvalue weighted by Gasteiger charge is 2.43. The molecule has 2 unspecified atom stereocenters. The van der Waals surface area contributed by atoms with Crippen molar-refractivity contribution in [3.8, 4) is 0 Å². The quantitative estimate of drug-likeness (QED) is 0.801. The van der Waals surface area contributed by atoms with E-state index in [2.05, 4.69) is 70.9 Å². The minimum Gasteiger partial charge on any atom is -0.310 e. The molecule has 1 aromatic rings. The molecule has 1 saturated carbocycles. The minimum atomic E-state index is 0.327. The Kier molecular flexibility index (Phi) is 4.39. The van der Waals surface area contributed by atoms with Gasteiger partial charge >= 0.3 is 0 Å². The third kappa shape index (κ3) is 3.37. The molecule has 3 heteroatoms. The second kappa shape index (κ2) is 5.93. The zero-order chi connectivity index (χ0) is 14.2. The van der Waals surface area contributed by atoms with Crippen LogP contribution in [0.25, 0.3) is 0 Å². The van der Waals surface area contributed by atoms with Crippen molar-refractivity contribution >= 4 is 22.6 Å². The number of nitrogens with one attached hydrogen (secondary N) is 1. The standard InChI is InChI=1S/C17H25IN2/c1-13-9-10-19-17(2,15-5-6-15)12-20(13)11-14-3-7-16(18)8-4-14/h3-4,7-8,13,15,19H,5-6,9-12H2,1-2H3. The number of rotatable bonds is 3. The van der Waals surface area contributed by atoms with Crippen molar-refractivity contribution in [2.75, 3.05) is 13.1 Å². The van der Waals surface area contributed by atoms with Gasteiger partial charge in [0.1, 0.15) is 0 Å². The van der Waals surface area contributed by atoms with Gasteiger partial charge in [0.05, 0.1) is 0 Å². The zero-order valence-corrected chi connectivity index (χ0v) is 14.7. The summed E-state index contributed by atoms with van der Waals surface area (Å²) in [6.07, 6.45) is 4.08. The maximum absolute atomic E-state index is 3.83. The Morgan fingerprint density at radius 2 is 1.95 bits per heavy atom. The SMILES string of the molecule is CC1CCNC(C)(C2CC2)CN1Cc1ccc(I)cc1. The highest BCUT2D eigenvalue weighted by atomic mass is 127. The largest absolute Gasteiger partial charge is 0.310 e.